The zero-order valence-corrected chi connectivity index (χ0v) is 17.6. The molecule has 160 valence electrons. The van der Waals surface area contributed by atoms with Gasteiger partial charge in [-0.1, -0.05) is 6.07 Å². The van der Waals surface area contributed by atoms with E-state index in [9.17, 15) is 13.2 Å². The number of nitriles is 1. The summed E-state index contributed by atoms with van der Waals surface area (Å²) in [6.07, 6.45) is 4.31. The van der Waals surface area contributed by atoms with Gasteiger partial charge in [-0.3, -0.25) is 0 Å². The van der Waals surface area contributed by atoms with Gasteiger partial charge < -0.3 is 15.0 Å². The maximum Gasteiger partial charge on any atom is 0.341 e. The Hall–Kier alpha value is -3.42. The number of nitrogens with zero attached hydrogens (tertiary/aromatic N) is 2. The molecule has 0 atom stereocenters. The molecule has 0 saturated heterocycles. The molecule has 1 aromatic carbocycles. The average molecular weight is 439 g/mol. The molecular weight excluding hydrogens is 418 g/mol. The first kappa shape index (κ1) is 20.8. The minimum Gasteiger partial charge on any atom is -0.462 e. The third-order valence-electron chi connectivity index (χ3n) is 5.16. The van der Waals surface area contributed by atoms with Gasteiger partial charge in [0, 0.05) is 29.9 Å². The molecule has 4 rings (SSSR count). The molecule has 0 radical (unpaired) electrons. The maximum atomic E-state index is 12.6. The number of carbonyl (C=O) groups excluding carboxylic acids is 1. The molecule has 2 aromatic heterocycles. The number of aromatic nitrogens is 2. The Morgan fingerprint density at radius 3 is 2.87 bits per heavy atom. The van der Waals surface area contributed by atoms with E-state index in [4.69, 9.17) is 10.00 Å². The van der Waals surface area contributed by atoms with Crippen molar-refractivity contribution in [1.82, 2.24) is 14.7 Å². The SMILES string of the molecule is CCOC(=O)c1cnc2[nH]ccc2c1NC1CC(NS(=O)(=O)c2cccc(C#N)c2)C1. The van der Waals surface area contributed by atoms with Crippen LogP contribution in [0.4, 0.5) is 5.69 Å². The molecule has 1 aliphatic carbocycles. The summed E-state index contributed by atoms with van der Waals surface area (Å²) in [5.41, 5.74) is 1.89. The zero-order chi connectivity index (χ0) is 22.0. The lowest BCUT2D eigenvalue weighted by Gasteiger charge is -2.37. The molecule has 10 heteroatoms. The number of anilines is 1. The van der Waals surface area contributed by atoms with E-state index in [1.807, 2.05) is 12.1 Å². The highest BCUT2D eigenvalue weighted by Gasteiger charge is 2.34. The Kier molecular flexibility index (Phi) is 5.63. The fourth-order valence-corrected chi connectivity index (χ4v) is 4.89. The Balaban J connectivity index is 1.46. The quantitative estimate of drug-likeness (QED) is 0.481. The van der Waals surface area contributed by atoms with Crippen LogP contribution in [-0.4, -0.2) is 43.0 Å². The summed E-state index contributed by atoms with van der Waals surface area (Å²) in [5.74, 6) is -0.463. The van der Waals surface area contributed by atoms with Crippen LogP contribution in [0.25, 0.3) is 11.0 Å². The molecule has 9 nitrogen and oxygen atoms in total. The second-order valence-electron chi connectivity index (χ2n) is 7.28. The van der Waals surface area contributed by atoms with Crippen molar-refractivity contribution in [2.45, 2.75) is 36.7 Å². The highest BCUT2D eigenvalue weighted by atomic mass is 32.2. The van der Waals surface area contributed by atoms with Crippen molar-refractivity contribution >= 4 is 32.7 Å². The van der Waals surface area contributed by atoms with Gasteiger partial charge in [-0.25, -0.2) is 22.9 Å². The number of sulfonamides is 1. The molecule has 0 unspecified atom stereocenters. The number of hydrogen-bond acceptors (Lipinski definition) is 7. The number of fused-ring (bicyclic) bond motifs is 1. The molecule has 1 fully saturated rings. The number of hydrogen-bond donors (Lipinski definition) is 3. The first-order chi connectivity index (χ1) is 14.9. The van der Waals surface area contributed by atoms with Crippen molar-refractivity contribution in [2.75, 3.05) is 11.9 Å². The van der Waals surface area contributed by atoms with Crippen LogP contribution in [0, 0.1) is 11.3 Å². The van der Waals surface area contributed by atoms with Crippen molar-refractivity contribution < 1.29 is 17.9 Å². The van der Waals surface area contributed by atoms with Crippen molar-refractivity contribution in [2.24, 2.45) is 0 Å². The van der Waals surface area contributed by atoms with Crippen LogP contribution in [0.5, 0.6) is 0 Å². The monoisotopic (exact) mass is 439 g/mol. The number of nitrogens with one attached hydrogen (secondary N) is 3. The largest absolute Gasteiger partial charge is 0.462 e. The molecule has 2 heterocycles. The number of ether oxygens (including phenoxy) is 1. The van der Waals surface area contributed by atoms with Gasteiger partial charge in [0.15, 0.2) is 0 Å². The number of rotatable bonds is 7. The van der Waals surface area contributed by atoms with E-state index in [1.54, 1.807) is 25.3 Å². The summed E-state index contributed by atoms with van der Waals surface area (Å²) in [5, 5.41) is 13.1. The van der Waals surface area contributed by atoms with Crippen molar-refractivity contribution in [1.29, 1.82) is 5.26 Å². The number of esters is 1. The van der Waals surface area contributed by atoms with Gasteiger partial charge in [-0.2, -0.15) is 5.26 Å². The molecule has 0 amide bonds. The molecule has 1 saturated carbocycles. The highest BCUT2D eigenvalue weighted by Crippen LogP contribution is 2.32. The van der Waals surface area contributed by atoms with Gasteiger partial charge in [-0.05, 0) is 44.0 Å². The lowest BCUT2D eigenvalue weighted by molar-refractivity contribution is 0.0527. The van der Waals surface area contributed by atoms with Crippen LogP contribution in [0.15, 0.2) is 47.6 Å². The molecule has 1 aliphatic rings. The van der Waals surface area contributed by atoms with Gasteiger partial charge in [-0.15, -0.1) is 0 Å². The Morgan fingerprint density at radius 2 is 2.13 bits per heavy atom. The third kappa shape index (κ3) is 4.23. The minimum atomic E-state index is -3.72. The average Bonchev–Trinajstić information content (AvgIpc) is 3.21. The van der Waals surface area contributed by atoms with E-state index in [2.05, 4.69) is 20.0 Å². The van der Waals surface area contributed by atoms with E-state index in [0.717, 1.165) is 5.39 Å². The number of pyridine rings is 1. The normalized spacial score (nSPS) is 18.2. The van der Waals surface area contributed by atoms with Gasteiger partial charge >= 0.3 is 5.97 Å². The summed E-state index contributed by atoms with van der Waals surface area (Å²) >= 11 is 0. The fraction of sp³-hybridized carbons (Fsp3) is 0.286. The molecule has 3 N–H and O–H groups in total. The van der Waals surface area contributed by atoms with E-state index >= 15 is 0 Å². The molecule has 3 aromatic rings. The van der Waals surface area contributed by atoms with E-state index in [-0.39, 0.29) is 29.1 Å². The molecule has 0 spiro atoms. The number of carbonyl (C=O) groups is 1. The van der Waals surface area contributed by atoms with Crippen LogP contribution in [-0.2, 0) is 14.8 Å². The minimum absolute atomic E-state index is 0.0215. The molecule has 0 bridgehead atoms. The zero-order valence-electron chi connectivity index (χ0n) is 16.8. The van der Waals surface area contributed by atoms with Gasteiger partial charge in [0.25, 0.3) is 0 Å². The molecule has 31 heavy (non-hydrogen) atoms. The predicted molar refractivity (Wildman–Crippen MR) is 114 cm³/mol. The topological polar surface area (TPSA) is 137 Å². The van der Waals surface area contributed by atoms with Crippen molar-refractivity contribution in [3.63, 3.8) is 0 Å². The maximum absolute atomic E-state index is 12.6. The van der Waals surface area contributed by atoms with Crippen molar-refractivity contribution in [3.8, 4) is 6.07 Å². The lowest BCUT2D eigenvalue weighted by atomic mass is 9.87. The van der Waals surface area contributed by atoms with Gasteiger partial charge in [0.1, 0.15) is 11.2 Å². The number of benzene rings is 1. The standard InChI is InChI=1S/C21H21N5O4S/c1-2-30-21(27)18-12-24-20-17(6-7-23-20)19(18)25-14-9-15(10-14)26-31(28,29)16-5-3-4-13(8-16)11-22/h3-8,12,14-15,26H,2,9-10H2,1H3,(H2,23,24,25). The Morgan fingerprint density at radius 1 is 1.32 bits per heavy atom. The fourth-order valence-electron chi connectivity index (χ4n) is 3.58. The second kappa shape index (κ2) is 8.37. The summed E-state index contributed by atoms with van der Waals surface area (Å²) < 4.78 is 33.0. The van der Waals surface area contributed by atoms with Crippen LogP contribution in [0.2, 0.25) is 0 Å². The third-order valence-corrected chi connectivity index (χ3v) is 6.68. The van der Waals surface area contributed by atoms with E-state index in [0.29, 0.717) is 29.7 Å². The summed E-state index contributed by atoms with van der Waals surface area (Å²) in [4.78, 5) is 19.7. The van der Waals surface area contributed by atoms with E-state index < -0.39 is 16.0 Å². The first-order valence-corrected chi connectivity index (χ1v) is 11.3. The Labute approximate surface area is 179 Å². The molecular formula is C21H21N5O4S. The summed E-state index contributed by atoms with van der Waals surface area (Å²) in [7, 11) is -3.72. The predicted octanol–water partition coefficient (Wildman–Crippen LogP) is 2.53. The smallest absolute Gasteiger partial charge is 0.341 e. The van der Waals surface area contributed by atoms with Gasteiger partial charge in [0.2, 0.25) is 10.0 Å². The van der Waals surface area contributed by atoms with Crippen LogP contribution >= 0.6 is 0 Å². The number of aromatic amines is 1. The second-order valence-corrected chi connectivity index (χ2v) is 8.99. The highest BCUT2D eigenvalue weighted by molar-refractivity contribution is 7.89. The lowest BCUT2D eigenvalue weighted by Crippen LogP contribution is -2.49. The molecule has 0 aliphatic heterocycles. The summed E-state index contributed by atoms with van der Waals surface area (Å²) in [6.45, 7) is 1.99. The van der Waals surface area contributed by atoms with Crippen LogP contribution < -0.4 is 10.0 Å². The van der Waals surface area contributed by atoms with Gasteiger partial charge in [0.05, 0.1) is 28.8 Å². The summed E-state index contributed by atoms with van der Waals surface area (Å²) in [6, 6.07) is 9.41. The number of H-pyrrole nitrogens is 1. The van der Waals surface area contributed by atoms with Crippen molar-refractivity contribution in [3.05, 3.63) is 53.9 Å². The van der Waals surface area contributed by atoms with E-state index in [1.165, 1.54) is 18.3 Å². The van der Waals surface area contributed by atoms with Crippen LogP contribution in [0.1, 0.15) is 35.7 Å². The first-order valence-electron chi connectivity index (χ1n) is 9.83. The Bertz CT molecular complexity index is 1270. The van der Waals surface area contributed by atoms with Crippen LogP contribution in [0.3, 0.4) is 0 Å².